The molecule has 1 unspecified atom stereocenters. The Balaban J connectivity index is 4.37. The number of carbonyl (C=O) groups excluding carboxylic acids is 1. The fourth-order valence-corrected chi connectivity index (χ4v) is 2.48. The van der Waals surface area contributed by atoms with Gasteiger partial charge in [0.1, 0.15) is 0 Å². The van der Waals surface area contributed by atoms with E-state index in [1.807, 2.05) is 13.8 Å². The van der Waals surface area contributed by atoms with Crippen molar-refractivity contribution in [1.29, 1.82) is 0 Å². The van der Waals surface area contributed by atoms with Crippen molar-refractivity contribution in [2.75, 3.05) is 19.4 Å². The van der Waals surface area contributed by atoms with Crippen LogP contribution in [0.2, 0.25) is 0 Å². The number of carbonyl (C=O) groups is 1. The van der Waals surface area contributed by atoms with Gasteiger partial charge < -0.3 is 10.5 Å². The lowest BCUT2D eigenvalue weighted by molar-refractivity contribution is -0.137. The molecule has 0 aliphatic heterocycles. The molecule has 0 aromatic heterocycles. The highest BCUT2D eigenvalue weighted by molar-refractivity contribution is 7.90. The van der Waals surface area contributed by atoms with Crippen LogP contribution in [0.5, 0.6) is 0 Å². The van der Waals surface area contributed by atoms with E-state index >= 15 is 0 Å². The summed E-state index contributed by atoms with van der Waals surface area (Å²) in [5.41, 5.74) is 5.45. The second kappa shape index (κ2) is 6.82. The van der Waals surface area contributed by atoms with E-state index in [4.69, 9.17) is 5.73 Å². The fourth-order valence-electron chi connectivity index (χ4n) is 1.27. The van der Waals surface area contributed by atoms with Gasteiger partial charge in [0.2, 0.25) is 10.0 Å². The molecule has 0 spiro atoms. The molecule has 7 heteroatoms. The molecule has 16 heavy (non-hydrogen) atoms. The molecule has 0 aromatic carbocycles. The third kappa shape index (κ3) is 6.76. The summed E-state index contributed by atoms with van der Waals surface area (Å²) in [6.45, 7) is 4.15. The van der Waals surface area contributed by atoms with Crippen molar-refractivity contribution < 1.29 is 17.9 Å². The van der Waals surface area contributed by atoms with E-state index in [0.717, 1.165) is 7.11 Å². The van der Waals surface area contributed by atoms with E-state index in [0.29, 0.717) is 12.3 Å². The van der Waals surface area contributed by atoms with Gasteiger partial charge in [-0.05, 0) is 12.3 Å². The molecule has 0 rings (SSSR count). The first-order chi connectivity index (χ1) is 7.30. The van der Waals surface area contributed by atoms with Crippen molar-refractivity contribution in [3.8, 4) is 0 Å². The second-order valence-corrected chi connectivity index (χ2v) is 5.77. The minimum atomic E-state index is -3.65. The van der Waals surface area contributed by atoms with Crippen molar-refractivity contribution in [3.05, 3.63) is 0 Å². The van der Waals surface area contributed by atoms with Crippen LogP contribution >= 0.6 is 0 Å². The molecule has 0 fully saturated rings. The van der Waals surface area contributed by atoms with Crippen LogP contribution < -0.4 is 10.5 Å². The third-order valence-corrected chi connectivity index (χ3v) is 3.23. The lowest BCUT2D eigenvalue weighted by Crippen LogP contribution is -2.43. The number of rotatable bonds is 7. The molecular formula is C9H20N2O4S. The number of ether oxygens (including phenoxy) is 1. The van der Waals surface area contributed by atoms with Crippen molar-refractivity contribution in [2.24, 2.45) is 11.7 Å². The first kappa shape index (κ1) is 15.3. The summed E-state index contributed by atoms with van der Waals surface area (Å²) in [5, 5.41) is 0. The standard InChI is InChI=1S/C9H20N2O4S/c1-7(2)4-8(5-10)11-16(13,14)6-9(12)15-3/h7-8,11H,4-6,10H2,1-3H3. The molecule has 1 atom stereocenters. The molecule has 96 valence electrons. The summed E-state index contributed by atoms with van der Waals surface area (Å²) >= 11 is 0. The van der Waals surface area contributed by atoms with Gasteiger partial charge in [-0.1, -0.05) is 13.8 Å². The number of sulfonamides is 1. The Labute approximate surface area is 96.6 Å². The maximum Gasteiger partial charge on any atom is 0.322 e. The van der Waals surface area contributed by atoms with Crippen molar-refractivity contribution >= 4 is 16.0 Å². The largest absolute Gasteiger partial charge is 0.468 e. The fraction of sp³-hybridized carbons (Fsp3) is 0.889. The predicted molar refractivity (Wildman–Crippen MR) is 61.2 cm³/mol. The number of hydrogen-bond acceptors (Lipinski definition) is 5. The van der Waals surface area contributed by atoms with E-state index in [1.165, 1.54) is 0 Å². The molecular weight excluding hydrogens is 232 g/mol. The highest BCUT2D eigenvalue weighted by Crippen LogP contribution is 2.05. The molecule has 0 saturated carbocycles. The Bertz CT molecular complexity index is 313. The third-order valence-electron chi connectivity index (χ3n) is 1.92. The van der Waals surface area contributed by atoms with Crippen LogP contribution in [0.4, 0.5) is 0 Å². The molecule has 3 N–H and O–H groups in total. The van der Waals surface area contributed by atoms with Crippen LogP contribution in [0.3, 0.4) is 0 Å². The summed E-state index contributed by atoms with van der Waals surface area (Å²) < 4.78 is 29.6. The van der Waals surface area contributed by atoms with Crippen LogP contribution in [0, 0.1) is 5.92 Å². The first-order valence-corrected chi connectivity index (χ1v) is 6.72. The number of hydrogen-bond donors (Lipinski definition) is 2. The molecule has 0 aromatic rings. The molecule has 0 bridgehead atoms. The number of nitrogens with two attached hydrogens (primary N) is 1. The van der Waals surface area contributed by atoms with Gasteiger partial charge in [0, 0.05) is 12.6 Å². The smallest absolute Gasteiger partial charge is 0.322 e. The molecule has 0 heterocycles. The lowest BCUT2D eigenvalue weighted by atomic mass is 10.1. The van der Waals surface area contributed by atoms with Crippen LogP contribution in [0.1, 0.15) is 20.3 Å². The molecule has 0 saturated heterocycles. The monoisotopic (exact) mass is 252 g/mol. The average molecular weight is 252 g/mol. The van der Waals surface area contributed by atoms with Crippen molar-refractivity contribution in [1.82, 2.24) is 4.72 Å². The minimum absolute atomic E-state index is 0.207. The van der Waals surface area contributed by atoms with E-state index in [9.17, 15) is 13.2 Å². The second-order valence-electron chi connectivity index (χ2n) is 4.02. The Morgan fingerprint density at radius 2 is 2.00 bits per heavy atom. The molecule has 6 nitrogen and oxygen atoms in total. The summed E-state index contributed by atoms with van der Waals surface area (Å²) in [6, 6.07) is -0.338. The zero-order chi connectivity index (χ0) is 12.8. The first-order valence-electron chi connectivity index (χ1n) is 5.07. The van der Waals surface area contributed by atoms with Gasteiger partial charge in [0.15, 0.2) is 5.75 Å². The topological polar surface area (TPSA) is 98.5 Å². The highest BCUT2D eigenvalue weighted by atomic mass is 32.2. The molecule has 0 aliphatic rings. The Morgan fingerprint density at radius 1 is 1.44 bits per heavy atom. The zero-order valence-corrected chi connectivity index (χ0v) is 10.7. The predicted octanol–water partition coefficient (Wildman–Crippen LogP) is -0.548. The Morgan fingerprint density at radius 3 is 2.38 bits per heavy atom. The number of nitrogens with one attached hydrogen (secondary N) is 1. The van der Waals surface area contributed by atoms with E-state index < -0.39 is 21.7 Å². The van der Waals surface area contributed by atoms with Gasteiger partial charge in [0.05, 0.1) is 7.11 Å². The van der Waals surface area contributed by atoms with Gasteiger partial charge in [-0.25, -0.2) is 13.1 Å². The van der Waals surface area contributed by atoms with Crippen molar-refractivity contribution in [2.45, 2.75) is 26.3 Å². The van der Waals surface area contributed by atoms with Crippen LogP contribution in [0.25, 0.3) is 0 Å². The van der Waals surface area contributed by atoms with E-state index in [2.05, 4.69) is 9.46 Å². The molecule has 0 radical (unpaired) electrons. The average Bonchev–Trinajstić information content (AvgIpc) is 2.14. The summed E-state index contributed by atoms with van der Waals surface area (Å²) in [4.78, 5) is 10.8. The van der Waals surface area contributed by atoms with Gasteiger partial charge in [0.25, 0.3) is 0 Å². The maximum atomic E-state index is 11.5. The van der Waals surface area contributed by atoms with Gasteiger partial charge in [-0.2, -0.15) is 0 Å². The van der Waals surface area contributed by atoms with E-state index in [1.54, 1.807) is 0 Å². The highest BCUT2D eigenvalue weighted by Gasteiger charge is 2.21. The Hall–Kier alpha value is -0.660. The Kier molecular flexibility index (Phi) is 6.54. The number of esters is 1. The summed E-state index contributed by atoms with van der Waals surface area (Å²) in [7, 11) is -2.51. The molecule has 0 aliphatic carbocycles. The minimum Gasteiger partial charge on any atom is -0.468 e. The normalized spacial score (nSPS) is 13.8. The zero-order valence-electron chi connectivity index (χ0n) is 9.89. The van der Waals surface area contributed by atoms with Gasteiger partial charge in [-0.15, -0.1) is 0 Å². The quantitative estimate of drug-likeness (QED) is 0.592. The van der Waals surface area contributed by atoms with Gasteiger partial charge in [-0.3, -0.25) is 4.79 Å². The van der Waals surface area contributed by atoms with Crippen LogP contribution in [-0.2, 0) is 19.6 Å². The van der Waals surface area contributed by atoms with E-state index in [-0.39, 0.29) is 12.6 Å². The van der Waals surface area contributed by atoms with Crippen LogP contribution in [0.15, 0.2) is 0 Å². The van der Waals surface area contributed by atoms with Crippen molar-refractivity contribution in [3.63, 3.8) is 0 Å². The summed E-state index contributed by atoms with van der Waals surface area (Å²) in [5.74, 6) is -1.12. The number of methoxy groups -OCH3 is 1. The molecule has 0 amide bonds. The SMILES string of the molecule is COC(=O)CS(=O)(=O)NC(CN)CC(C)C. The summed E-state index contributed by atoms with van der Waals surface area (Å²) in [6.07, 6.45) is 0.636. The van der Waals surface area contributed by atoms with Crippen LogP contribution in [-0.4, -0.2) is 39.8 Å². The lowest BCUT2D eigenvalue weighted by Gasteiger charge is -2.18. The maximum absolute atomic E-state index is 11.5. The van der Waals surface area contributed by atoms with Gasteiger partial charge >= 0.3 is 5.97 Å².